The van der Waals surface area contributed by atoms with Crippen molar-refractivity contribution in [2.45, 2.75) is 13.8 Å². The van der Waals surface area contributed by atoms with Crippen LogP contribution >= 0.6 is 0 Å². The molecule has 0 spiro atoms. The summed E-state index contributed by atoms with van der Waals surface area (Å²) < 4.78 is 0. The van der Waals surface area contributed by atoms with Gasteiger partial charge >= 0.3 is 0 Å². The summed E-state index contributed by atoms with van der Waals surface area (Å²) in [5.74, 6) is 0. The van der Waals surface area contributed by atoms with Crippen molar-refractivity contribution in [3.05, 3.63) is 43.8 Å². The van der Waals surface area contributed by atoms with Gasteiger partial charge in [-0.1, -0.05) is 0 Å². The highest BCUT2D eigenvalue weighted by atomic mass is 16.6. The van der Waals surface area contributed by atoms with Crippen LogP contribution in [0, 0.1) is 20.2 Å². The first-order valence-corrected chi connectivity index (χ1v) is 3.09. The van der Waals surface area contributed by atoms with Gasteiger partial charge < -0.3 is 0 Å². The van der Waals surface area contributed by atoms with E-state index in [-0.39, 0.29) is 11.4 Å². The van der Waals surface area contributed by atoms with E-state index in [2.05, 4.69) is 0 Å². The highest BCUT2D eigenvalue weighted by Crippen LogP contribution is 1.98. The number of rotatable bonds is 3. The summed E-state index contributed by atoms with van der Waals surface area (Å²) in [5.41, 5.74) is -0.257. The Morgan fingerprint density at radius 3 is 1.42 bits per heavy atom. The monoisotopic (exact) mass is 172 g/mol. The van der Waals surface area contributed by atoms with Crippen LogP contribution in [0.2, 0.25) is 0 Å². The van der Waals surface area contributed by atoms with E-state index < -0.39 is 9.85 Å². The molecule has 0 heterocycles. The third-order valence-corrected chi connectivity index (χ3v) is 1.14. The zero-order valence-corrected chi connectivity index (χ0v) is 6.68. The average molecular weight is 172 g/mol. The average Bonchev–Trinajstić information content (AvgIpc) is 1.98. The molecule has 0 amide bonds. The van der Waals surface area contributed by atoms with Crippen molar-refractivity contribution in [1.29, 1.82) is 0 Å². The maximum absolute atomic E-state index is 10.0. The maximum atomic E-state index is 10.0. The number of nitro groups is 2. The van der Waals surface area contributed by atoms with Crippen molar-refractivity contribution >= 4 is 0 Å². The third-order valence-electron chi connectivity index (χ3n) is 1.14. The molecule has 6 heteroatoms. The fourth-order valence-corrected chi connectivity index (χ4v) is 0.363. The van der Waals surface area contributed by atoms with Crippen LogP contribution in [0.3, 0.4) is 0 Å². The summed E-state index contributed by atoms with van der Waals surface area (Å²) in [6.45, 7) is 2.54. The summed E-state index contributed by atoms with van der Waals surface area (Å²) >= 11 is 0. The van der Waals surface area contributed by atoms with E-state index in [0.717, 1.165) is 12.2 Å². The first-order valence-electron chi connectivity index (χ1n) is 3.09. The predicted octanol–water partition coefficient (Wildman–Crippen LogP) is 1.35. The minimum atomic E-state index is -0.607. The van der Waals surface area contributed by atoms with Gasteiger partial charge in [0, 0.05) is 26.0 Å². The summed E-state index contributed by atoms with van der Waals surface area (Å²) in [6.07, 6.45) is 2.19. The van der Waals surface area contributed by atoms with Crippen LogP contribution in [0.15, 0.2) is 23.5 Å². The lowest BCUT2D eigenvalue weighted by Crippen LogP contribution is -1.95. The third kappa shape index (κ3) is 3.45. The van der Waals surface area contributed by atoms with Gasteiger partial charge in [0.2, 0.25) is 11.4 Å². The Morgan fingerprint density at radius 1 is 1.00 bits per heavy atom. The Bertz CT molecular complexity index is 239. The summed E-state index contributed by atoms with van der Waals surface area (Å²) in [4.78, 5) is 18.8. The quantitative estimate of drug-likeness (QED) is 0.365. The van der Waals surface area contributed by atoms with Crippen LogP contribution in [0.25, 0.3) is 0 Å². The van der Waals surface area contributed by atoms with Crippen LogP contribution in [0.4, 0.5) is 0 Å². The van der Waals surface area contributed by atoms with E-state index >= 15 is 0 Å². The molecule has 0 aromatic rings. The van der Waals surface area contributed by atoms with Crippen molar-refractivity contribution in [1.82, 2.24) is 0 Å². The Hall–Kier alpha value is -1.72. The Kier molecular flexibility index (Phi) is 3.61. The molecule has 0 fully saturated rings. The second kappa shape index (κ2) is 4.22. The van der Waals surface area contributed by atoms with Gasteiger partial charge in [0.1, 0.15) is 0 Å². The summed E-state index contributed by atoms with van der Waals surface area (Å²) in [5, 5.41) is 20.0. The SMILES string of the molecule is C/C(=C\C=C(/C)[N+](=O)[O-])[N+](=O)[O-]. The largest absolute Gasteiger partial charge is 0.259 e. The number of hydrogen-bond acceptors (Lipinski definition) is 4. The maximum Gasteiger partial charge on any atom is 0.243 e. The van der Waals surface area contributed by atoms with Gasteiger partial charge in [-0.3, -0.25) is 20.2 Å². The standard InChI is InChI=1S/C6H8N2O4/c1-5(7(9)10)3-4-6(2)8(11)12/h3-4H,1-2H3/b5-3+,6-4+. The Balaban J connectivity index is 4.48. The second-order valence-corrected chi connectivity index (χ2v) is 2.13. The molecule has 0 radical (unpaired) electrons. The number of nitrogens with zero attached hydrogens (tertiary/aromatic N) is 2. The van der Waals surface area contributed by atoms with E-state index in [0.29, 0.717) is 0 Å². The molecule has 0 aliphatic carbocycles. The lowest BCUT2D eigenvalue weighted by atomic mass is 10.4. The van der Waals surface area contributed by atoms with Gasteiger partial charge in [0.25, 0.3) is 0 Å². The van der Waals surface area contributed by atoms with Gasteiger partial charge in [-0.2, -0.15) is 0 Å². The highest BCUT2D eigenvalue weighted by Gasteiger charge is 2.02. The molecule has 0 N–H and O–H groups in total. The van der Waals surface area contributed by atoms with E-state index in [4.69, 9.17) is 0 Å². The Morgan fingerprint density at radius 2 is 1.25 bits per heavy atom. The smallest absolute Gasteiger partial charge is 0.243 e. The van der Waals surface area contributed by atoms with Crippen LogP contribution < -0.4 is 0 Å². The van der Waals surface area contributed by atoms with E-state index in [1.54, 1.807) is 0 Å². The van der Waals surface area contributed by atoms with Gasteiger partial charge in [-0.15, -0.1) is 0 Å². The zero-order valence-electron chi connectivity index (χ0n) is 6.68. The van der Waals surface area contributed by atoms with E-state index in [1.165, 1.54) is 13.8 Å². The van der Waals surface area contributed by atoms with E-state index in [9.17, 15) is 20.2 Å². The first kappa shape index (κ1) is 10.3. The molecule has 66 valence electrons. The molecule has 0 bridgehead atoms. The molecule has 0 aromatic heterocycles. The first-order chi connectivity index (χ1) is 5.45. The number of hydrogen-bond donors (Lipinski definition) is 0. The molecular formula is C6H8N2O4. The van der Waals surface area contributed by atoms with Crippen LogP contribution in [-0.4, -0.2) is 9.85 Å². The summed E-state index contributed by atoms with van der Waals surface area (Å²) in [7, 11) is 0. The van der Waals surface area contributed by atoms with Crippen molar-refractivity contribution in [2.24, 2.45) is 0 Å². The van der Waals surface area contributed by atoms with Crippen molar-refractivity contribution in [3.8, 4) is 0 Å². The molecule has 0 saturated carbocycles. The second-order valence-electron chi connectivity index (χ2n) is 2.13. The minimum absolute atomic E-state index is 0.129. The molecule has 0 unspecified atom stereocenters. The topological polar surface area (TPSA) is 86.3 Å². The molecule has 0 rings (SSSR count). The van der Waals surface area contributed by atoms with Gasteiger partial charge in [-0.05, 0) is 0 Å². The van der Waals surface area contributed by atoms with Crippen molar-refractivity contribution < 1.29 is 9.85 Å². The molecule has 12 heavy (non-hydrogen) atoms. The number of allylic oxidation sites excluding steroid dienone is 4. The summed E-state index contributed by atoms with van der Waals surface area (Å²) in [6, 6.07) is 0. The molecule has 0 atom stereocenters. The van der Waals surface area contributed by atoms with Gasteiger partial charge in [0.15, 0.2) is 0 Å². The molecule has 0 aliphatic heterocycles. The molecule has 0 aliphatic rings. The normalized spacial score (nSPS) is 12.8. The molecule has 0 aromatic carbocycles. The van der Waals surface area contributed by atoms with Gasteiger partial charge in [0.05, 0.1) is 9.85 Å². The zero-order chi connectivity index (χ0) is 9.72. The minimum Gasteiger partial charge on any atom is -0.259 e. The fourth-order valence-electron chi connectivity index (χ4n) is 0.363. The van der Waals surface area contributed by atoms with Crippen molar-refractivity contribution in [2.75, 3.05) is 0 Å². The molecular weight excluding hydrogens is 164 g/mol. The van der Waals surface area contributed by atoms with Crippen LogP contribution in [0.5, 0.6) is 0 Å². The lowest BCUT2D eigenvalue weighted by molar-refractivity contribution is -0.426. The fraction of sp³-hybridized carbons (Fsp3) is 0.333. The van der Waals surface area contributed by atoms with Crippen LogP contribution in [-0.2, 0) is 0 Å². The van der Waals surface area contributed by atoms with Crippen molar-refractivity contribution in [3.63, 3.8) is 0 Å². The highest BCUT2D eigenvalue weighted by molar-refractivity contribution is 5.07. The predicted molar refractivity (Wildman–Crippen MR) is 41.5 cm³/mol. The molecule has 6 nitrogen and oxygen atoms in total. The van der Waals surface area contributed by atoms with E-state index in [1.807, 2.05) is 0 Å². The van der Waals surface area contributed by atoms with Gasteiger partial charge in [-0.25, -0.2) is 0 Å². The Labute approximate surface area is 68.5 Å². The van der Waals surface area contributed by atoms with Crippen LogP contribution in [0.1, 0.15) is 13.8 Å². The lowest BCUT2D eigenvalue weighted by Gasteiger charge is -1.86. The molecule has 0 saturated heterocycles.